The van der Waals surface area contributed by atoms with Gasteiger partial charge in [0.2, 0.25) is 6.17 Å². The lowest BCUT2D eigenvalue weighted by molar-refractivity contribution is -0.614. The maximum atomic E-state index is 5.32. The first-order chi connectivity index (χ1) is 23.8. The lowest BCUT2D eigenvalue weighted by atomic mass is 9.95. The number of quaternary nitrogens is 1. The third kappa shape index (κ3) is 3.55. The zero-order valence-corrected chi connectivity index (χ0v) is 26.0. The third-order valence-electron chi connectivity index (χ3n) is 10.4. The molecule has 224 valence electrons. The van der Waals surface area contributed by atoms with Crippen LogP contribution in [0.25, 0.3) is 71.6 Å². The summed E-state index contributed by atoms with van der Waals surface area (Å²) in [5, 5.41) is 7.47. The molecular formula is C44H29N4+. The van der Waals surface area contributed by atoms with E-state index in [-0.39, 0.29) is 6.17 Å². The van der Waals surface area contributed by atoms with Crippen LogP contribution in [0.15, 0.2) is 163 Å². The van der Waals surface area contributed by atoms with Crippen molar-refractivity contribution in [3.8, 4) is 27.9 Å². The number of hydrogen-bond acceptors (Lipinski definition) is 1. The number of nitrogens with two attached hydrogens (primary N) is 1. The van der Waals surface area contributed by atoms with E-state index in [1.165, 1.54) is 82.8 Å². The molecule has 4 heterocycles. The van der Waals surface area contributed by atoms with E-state index in [0.717, 1.165) is 11.4 Å². The first-order valence-corrected chi connectivity index (χ1v) is 16.6. The van der Waals surface area contributed by atoms with E-state index in [1.807, 2.05) is 0 Å². The van der Waals surface area contributed by atoms with Crippen LogP contribution in [0, 0.1) is 0 Å². The highest BCUT2D eigenvalue weighted by Gasteiger charge is 2.39. The molecule has 2 aromatic heterocycles. The molecule has 0 radical (unpaired) electrons. The van der Waals surface area contributed by atoms with Crippen molar-refractivity contribution in [1.82, 2.24) is 9.13 Å². The van der Waals surface area contributed by atoms with Gasteiger partial charge in [0.1, 0.15) is 11.4 Å². The third-order valence-corrected chi connectivity index (χ3v) is 10.4. The van der Waals surface area contributed by atoms with Gasteiger partial charge in [-0.3, -0.25) is 9.88 Å². The van der Waals surface area contributed by atoms with Crippen molar-refractivity contribution >= 4 is 60.7 Å². The fourth-order valence-electron chi connectivity index (χ4n) is 8.24. The standard InChI is InChI=1S/C44H28N4/c1-3-11-27(12-4-1)28-19-22-41-34(23-28)35-25-30(26-36-42-44(48(41)43(35)36)46-38-17-9-8-16-37(38)45-42)29-20-21-40-33(24-29)32-15-7-10-18-39(32)47(40)31-13-5-2-6-14-31/h1-26,44,46H/p+1. The van der Waals surface area contributed by atoms with E-state index in [2.05, 4.69) is 172 Å². The summed E-state index contributed by atoms with van der Waals surface area (Å²) in [6, 6.07) is 57.3. The highest BCUT2D eigenvalue weighted by atomic mass is 15.2. The highest BCUT2D eigenvalue weighted by Crippen LogP contribution is 2.45. The molecule has 0 fully saturated rings. The van der Waals surface area contributed by atoms with Gasteiger partial charge in [0.15, 0.2) is 5.69 Å². The molecule has 0 saturated carbocycles. The van der Waals surface area contributed by atoms with Gasteiger partial charge in [-0.1, -0.05) is 91.0 Å². The molecule has 9 aromatic rings. The molecule has 11 rings (SSSR count). The molecule has 7 aromatic carbocycles. The van der Waals surface area contributed by atoms with Gasteiger partial charge in [0.25, 0.3) is 0 Å². The Bertz CT molecular complexity index is 2800. The lowest BCUT2D eigenvalue weighted by Crippen LogP contribution is -2.82. The van der Waals surface area contributed by atoms with Crippen molar-refractivity contribution < 1.29 is 5.32 Å². The quantitative estimate of drug-likeness (QED) is 0.193. The summed E-state index contributed by atoms with van der Waals surface area (Å²) in [4.78, 5) is 5.32. The number of aromatic nitrogens is 2. The van der Waals surface area contributed by atoms with Crippen molar-refractivity contribution in [2.45, 2.75) is 6.17 Å². The van der Waals surface area contributed by atoms with Gasteiger partial charge >= 0.3 is 0 Å². The monoisotopic (exact) mass is 613 g/mol. The first kappa shape index (κ1) is 25.9. The van der Waals surface area contributed by atoms with Gasteiger partial charge in [-0.15, -0.1) is 0 Å². The van der Waals surface area contributed by atoms with Crippen LogP contribution in [-0.2, 0) is 0 Å². The maximum Gasteiger partial charge on any atom is 0.215 e. The van der Waals surface area contributed by atoms with Crippen LogP contribution >= 0.6 is 0 Å². The number of fused-ring (bicyclic) bond motifs is 10. The smallest absolute Gasteiger partial charge is 0.215 e. The Balaban J connectivity index is 1.19. The number of para-hydroxylation sites is 4. The second kappa shape index (κ2) is 9.64. The molecule has 4 nitrogen and oxygen atoms in total. The molecule has 1 unspecified atom stereocenters. The fraction of sp³-hybridized carbons (Fsp3) is 0.0227. The SMILES string of the molecule is c1ccc(-c2ccc3c(c2)c2cc(-c4ccc5c(c4)c4ccccc4n5-c4ccccc4)cc4c2n3C2[NH2+]c3ccccc3N=C42)cc1. The van der Waals surface area contributed by atoms with Gasteiger partial charge < -0.3 is 4.57 Å². The molecule has 48 heavy (non-hydrogen) atoms. The Morgan fingerprint density at radius 2 is 1.12 bits per heavy atom. The second-order valence-electron chi connectivity index (χ2n) is 13.0. The molecule has 0 amide bonds. The van der Waals surface area contributed by atoms with Crippen LogP contribution in [0.3, 0.4) is 0 Å². The summed E-state index contributed by atoms with van der Waals surface area (Å²) in [5.41, 5.74) is 15.6. The zero-order valence-electron chi connectivity index (χ0n) is 26.0. The van der Waals surface area contributed by atoms with Crippen LogP contribution in [0.4, 0.5) is 11.4 Å². The topological polar surface area (TPSA) is 38.8 Å². The maximum absolute atomic E-state index is 5.32. The minimum absolute atomic E-state index is 0.0547. The summed E-state index contributed by atoms with van der Waals surface area (Å²) in [5.74, 6) is 0. The van der Waals surface area contributed by atoms with E-state index in [1.54, 1.807) is 0 Å². The average molecular weight is 614 g/mol. The van der Waals surface area contributed by atoms with Gasteiger partial charge in [0.05, 0.1) is 22.1 Å². The molecule has 2 aliphatic rings. The zero-order chi connectivity index (χ0) is 31.3. The summed E-state index contributed by atoms with van der Waals surface area (Å²) < 4.78 is 4.90. The minimum Gasteiger partial charge on any atom is -0.309 e. The molecular weight excluding hydrogens is 585 g/mol. The molecule has 1 atom stereocenters. The number of benzene rings is 7. The molecule has 4 heteroatoms. The summed E-state index contributed by atoms with van der Waals surface area (Å²) in [7, 11) is 0. The Morgan fingerprint density at radius 1 is 0.479 bits per heavy atom. The lowest BCUT2D eigenvalue weighted by Gasteiger charge is -2.20. The van der Waals surface area contributed by atoms with Crippen LogP contribution in [0.2, 0.25) is 0 Å². The number of hydrogen-bond donors (Lipinski definition) is 1. The van der Waals surface area contributed by atoms with Gasteiger partial charge in [0, 0.05) is 38.9 Å². The van der Waals surface area contributed by atoms with Crippen molar-refractivity contribution in [3.05, 3.63) is 163 Å². The van der Waals surface area contributed by atoms with Crippen molar-refractivity contribution in [2.24, 2.45) is 4.99 Å². The van der Waals surface area contributed by atoms with Crippen molar-refractivity contribution in [1.29, 1.82) is 0 Å². The summed E-state index contributed by atoms with van der Waals surface area (Å²) in [6.07, 6.45) is 0.0547. The Morgan fingerprint density at radius 3 is 1.98 bits per heavy atom. The molecule has 0 saturated heterocycles. The molecule has 0 aliphatic carbocycles. The number of aliphatic imine (C=N–C) groups is 1. The first-order valence-electron chi connectivity index (χ1n) is 16.6. The highest BCUT2D eigenvalue weighted by molar-refractivity contribution is 6.24. The second-order valence-corrected chi connectivity index (χ2v) is 13.0. The van der Waals surface area contributed by atoms with E-state index >= 15 is 0 Å². The van der Waals surface area contributed by atoms with Crippen LogP contribution in [0.1, 0.15) is 11.7 Å². The fourth-order valence-corrected chi connectivity index (χ4v) is 8.24. The Hall–Kier alpha value is -6.23. The van der Waals surface area contributed by atoms with E-state index < -0.39 is 0 Å². The Labute approximate surface area is 276 Å². The molecule has 2 aliphatic heterocycles. The van der Waals surface area contributed by atoms with Crippen LogP contribution in [-0.4, -0.2) is 14.8 Å². The molecule has 2 N–H and O–H groups in total. The van der Waals surface area contributed by atoms with Gasteiger partial charge in [-0.2, -0.15) is 0 Å². The Kier molecular flexibility index (Phi) is 5.20. The van der Waals surface area contributed by atoms with E-state index in [4.69, 9.17) is 4.99 Å². The van der Waals surface area contributed by atoms with Gasteiger partial charge in [-0.25, -0.2) is 4.99 Å². The van der Waals surface area contributed by atoms with Gasteiger partial charge in [-0.05, 0) is 82.9 Å². The van der Waals surface area contributed by atoms with Crippen LogP contribution < -0.4 is 5.32 Å². The predicted molar refractivity (Wildman–Crippen MR) is 198 cm³/mol. The minimum atomic E-state index is 0.0547. The largest absolute Gasteiger partial charge is 0.309 e. The average Bonchev–Trinajstić information content (AvgIpc) is 3.78. The van der Waals surface area contributed by atoms with Crippen LogP contribution in [0.5, 0.6) is 0 Å². The number of rotatable bonds is 3. The van der Waals surface area contributed by atoms with E-state index in [0.29, 0.717) is 0 Å². The molecule has 0 bridgehead atoms. The number of nitrogens with zero attached hydrogens (tertiary/aromatic N) is 3. The van der Waals surface area contributed by atoms with E-state index in [9.17, 15) is 0 Å². The predicted octanol–water partition coefficient (Wildman–Crippen LogP) is 10.1. The van der Waals surface area contributed by atoms with Crippen molar-refractivity contribution in [3.63, 3.8) is 0 Å². The van der Waals surface area contributed by atoms with Crippen molar-refractivity contribution in [2.75, 3.05) is 0 Å². The summed E-state index contributed by atoms with van der Waals surface area (Å²) in [6.45, 7) is 0. The molecule has 0 spiro atoms. The normalized spacial score (nSPS) is 14.9. The summed E-state index contributed by atoms with van der Waals surface area (Å²) >= 11 is 0.